The van der Waals surface area contributed by atoms with E-state index in [-0.39, 0.29) is 0 Å². The molecular weight excluding hydrogens is 268 g/mol. The van der Waals surface area contributed by atoms with Gasteiger partial charge in [0.1, 0.15) is 5.82 Å². The van der Waals surface area contributed by atoms with Gasteiger partial charge in [-0.05, 0) is 43.4 Å². The van der Waals surface area contributed by atoms with Crippen molar-refractivity contribution in [1.82, 2.24) is 4.98 Å². The number of anilines is 1. The van der Waals surface area contributed by atoms with Crippen LogP contribution in [0, 0.1) is 0 Å². The van der Waals surface area contributed by atoms with Crippen molar-refractivity contribution >= 4 is 28.3 Å². The Morgan fingerprint density at radius 1 is 1.30 bits per heavy atom. The van der Waals surface area contributed by atoms with Crippen molar-refractivity contribution in [2.45, 2.75) is 44.5 Å². The van der Waals surface area contributed by atoms with E-state index in [4.69, 9.17) is 16.6 Å². The third-order valence-corrected chi connectivity index (χ3v) is 4.61. The molecule has 1 saturated heterocycles. The van der Waals surface area contributed by atoms with Gasteiger partial charge in [-0.3, -0.25) is 0 Å². The Bertz CT molecular complexity index is 597. The van der Waals surface area contributed by atoms with Crippen LogP contribution in [-0.2, 0) is 5.88 Å². The van der Waals surface area contributed by atoms with Crippen LogP contribution in [0.25, 0.3) is 10.9 Å². The van der Waals surface area contributed by atoms with Gasteiger partial charge in [-0.25, -0.2) is 4.98 Å². The highest BCUT2D eigenvalue weighted by Gasteiger charge is 2.22. The highest BCUT2D eigenvalue weighted by molar-refractivity contribution is 6.18. The average Bonchev–Trinajstić information content (AvgIpc) is 2.53. The van der Waals surface area contributed by atoms with Crippen LogP contribution in [-0.4, -0.2) is 17.6 Å². The number of halogens is 1. The van der Waals surface area contributed by atoms with Gasteiger partial charge in [0.05, 0.1) is 5.52 Å². The lowest BCUT2D eigenvalue weighted by Crippen LogP contribution is -2.39. The molecule has 0 aliphatic carbocycles. The molecule has 1 aromatic heterocycles. The van der Waals surface area contributed by atoms with Gasteiger partial charge in [0.25, 0.3) is 0 Å². The number of para-hydroxylation sites is 1. The molecule has 1 aliphatic rings. The predicted octanol–water partition coefficient (Wildman–Crippen LogP) is 4.74. The van der Waals surface area contributed by atoms with Crippen LogP contribution in [0.5, 0.6) is 0 Å². The first kappa shape index (κ1) is 13.7. The zero-order valence-corrected chi connectivity index (χ0v) is 12.7. The van der Waals surface area contributed by atoms with Gasteiger partial charge in [-0.15, -0.1) is 11.6 Å². The van der Waals surface area contributed by atoms with Crippen LogP contribution in [0.15, 0.2) is 30.3 Å². The molecule has 0 N–H and O–H groups in total. The van der Waals surface area contributed by atoms with Gasteiger partial charge < -0.3 is 4.90 Å². The Hall–Kier alpha value is -1.28. The Morgan fingerprint density at radius 3 is 2.95 bits per heavy atom. The first-order valence-electron chi connectivity index (χ1n) is 7.54. The average molecular weight is 289 g/mol. The summed E-state index contributed by atoms with van der Waals surface area (Å²) in [7, 11) is 0. The summed E-state index contributed by atoms with van der Waals surface area (Å²) < 4.78 is 0. The van der Waals surface area contributed by atoms with Crippen molar-refractivity contribution in [1.29, 1.82) is 0 Å². The van der Waals surface area contributed by atoms with Crippen LogP contribution in [0.3, 0.4) is 0 Å². The number of aromatic nitrogens is 1. The molecule has 0 spiro atoms. The third kappa shape index (κ3) is 2.49. The molecule has 1 unspecified atom stereocenters. The number of alkyl halides is 1. The molecule has 1 aromatic carbocycles. The second-order valence-corrected chi connectivity index (χ2v) is 5.81. The molecule has 2 nitrogen and oxygen atoms in total. The smallest absolute Gasteiger partial charge is 0.129 e. The SMILES string of the molecule is CCC1CCCCN1c1cc(CCl)c2ccccc2n1. The fraction of sp³-hybridized carbons (Fsp3) is 0.471. The standard InChI is InChI=1S/C17H21ClN2/c1-2-14-7-5-6-10-20(14)17-11-13(12-18)15-8-3-4-9-16(15)19-17/h3-4,8-9,11,14H,2,5-7,10,12H2,1H3. The van der Waals surface area contributed by atoms with Crippen LogP contribution < -0.4 is 4.90 Å². The van der Waals surface area contributed by atoms with Crippen molar-refractivity contribution in [3.63, 3.8) is 0 Å². The van der Waals surface area contributed by atoms with E-state index in [1.54, 1.807) is 0 Å². The van der Waals surface area contributed by atoms with Crippen LogP contribution in [0.2, 0.25) is 0 Å². The summed E-state index contributed by atoms with van der Waals surface area (Å²) >= 11 is 6.14. The van der Waals surface area contributed by atoms with Gasteiger partial charge in [-0.2, -0.15) is 0 Å². The van der Waals surface area contributed by atoms with Crippen molar-refractivity contribution < 1.29 is 0 Å². The Balaban J connectivity index is 2.06. The lowest BCUT2D eigenvalue weighted by molar-refractivity contribution is 0.447. The van der Waals surface area contributed by atoms with Gasteiger partial charge in [0.15, 0.2) is 0 Å². The van der Waals surface area contributed by atoms with E-state index in [0.29, 0.717) is 11.9 Å². The fourth-order valence-electron chi connectivity index (χ4n) is 3.22. The van der Waals surface area contributed by atoms with Crippen LogP contribution in [0.4, 0.5) is 5.82 Å². The summed E-state index contributed by atoms with van der Waals surface area (Å²) in [6.45, 7) is 3.39. The largest absolute Gasteiger partial charge is 0.354 e. The lowest BCUT2D eigenvalue weighted by atomic mass is 9.99. The van der Waals surface area contributed by atoms with E-state index in [9.17, 15) is 0 Å². The molecule has 0 radical (unpaired) electrons. The van der Waals surface area contributed by atoms with E-state index >= 15 is 0 Å². The predicted molar refractivity (Wildman–Crippen MR) is 86.6 cm³/mol. The highest BCUT2D eigenvalue weighted by atomic mass is 35.5. The Morgan fingerprint density at radius 2 is 2.15 bits per heavy atom. The summed E-state index contributed by atoms with van der Waals surface area (Å²) in [5, 5.41) is 1.18. The lowest BCUT2D eigenvalue weighted by Gasteiger charge is -2.36. The first-order chi connectivity index (χ1) is 9.83. The van der Waals surface area contributed by atoms with E-state index < -0.39 is 0 Å². The second kappa shape index (κ2) is 6.01. The molecule has 3 rings (SSSR count). The Kier molecular flexibility index (Phi) is 4.11. The summed E-state index contributed by atoms with van der Waals surface area (Å²) in [5.74, 6) is 1.65. The number of rotatable bonds is 3. The molecule has 106 valence electrons. The third-order valence-electron chi connectivity index (χ3n) is 4.32. The van der Waals surface area contributed by atoms with Gasteiger partial charge >= 0.3 is 0 Å². The number of hydrogen-bond acceptors (Lipinski definition) is 2. The molecule has 1 aliphatic heterocycles. The monoisotopic (exact) mass is 288 g/mol. The number of pyridine rings is 1. The molecule has 0 bridgehead atoms. The number of piperidine rings is 1. The number of nitrogens with zero attached hydrogens (tertiary/aromatic N) is 2. The molecule has 0 amide bonds. The van der Waals surface area contributed by atoms with Crippen molar-refractivity contribution in [2.75, 3.05) is 11.4 Å². The zero-order chi connectivity index (χ0) is 13.9. The summed E-state index contributed by atoms with van der Waals surface area (Å²) in [6.07, 6.45) is 5.07. The van der Waals surface area contributed by atoms with Crippen molar-refractivity contribution in [3.8, 4) is 0 Å². The number of hydrogen-bond donors (Lipinski definition) is 0. The van der Waals surface area contributed by atoms with Gasteiger partial charge in [0, 0.05) is 23.9 Å². The summed E-state index contributed by atoms with van der Waals surface area (Å²) in [5.41, 5.74) is 2.24. The molecule has 0 saturated carbocycles. The summed E-state index contributed by atoms with van der Waals surface area (Å²) in [6, 6.07) is 11.1. The van der Waals surface area contributed by atoms with E-state index in [1.165, 1.54) is 36.6 Å². The van der Waals surface area contributed by atoms with Crippen molar-refractivity contribution in [2.24, 2.45) is 0 Å². The fourth-order valence-corrected chi connectivity index (χ4v) is 3.44. The highest BCUT2D eigenvalue weighted by Crippen LogP contribution is 2.29. The molecular formula is C17H21ClN2. The minimum atomic E-state index is 0.542. The summed E-state index contributed by atoms with van der Waals surface area (Å²) in [4.78, 5) is 7.35. The normalized spacial score (nSPS) is 19.5. The molecule has 2 aromatic rings. The van der Waals surface area contributed by atoms with E-state index in [2.05, 4.69) is 36.1 Å². The maximum Gasteiger partial charge on any atom is 0.129 e. The molecule has 1 atom stereocenters. The maximum atomic E-state index is 6.14. The number of benzene rings is 1. The molecule has 1 fully saturated rings. The van der Waals surface area contributed by atoms with Crippen molar-refractivity contribution in [3.05, 3.63) is 35.9 Å². The minimum Gasteiger partial charge on any atom is -0.354 e. The topological polar surface area (TPSA) is 16.1 Å². The first-order valence-corrected chi connectivity index (χ1v) is 8.08. The van der Waals surface area contributed by atoms with Gasteiger partial charge in [-0.1, -0.05) is 25.1 Å². The van der Waals surface area contributed by atoms with Crippen LogP contribution >= 0.6 is 11.6 Å². The van der Waals surface area contributed by atoms with E-state index in [0.717, 1.165) is 17.9 Å². The van der Waals surface area contributed by atoms with Crippen LogP contribution in [0.1, 0.15) is 38.2 Å². The molecule has 2 heterocycles. The molecule has 3 heteroatoms. The van der Waals surface area contributed by atoms with E-state index in [1.807, 2.05) is 6.07 Å². The number of fused-ring (bicyclic) bond motifs is 1. The quantitative estimate of drug-likeness (QED) is 0.758. The molecule has 20 heavy (non-hydrogen) atoms. The second-order valence-electron chi connectivity index (χ2n) is 5.54. The zero-order valence-electron chi connectivity index (χ0n) is 12.0. The minimum absolute atomic E-state index is 0.542. The Labute approximate surface area is 125 Å². The maximum absolute atomic E-state index is 6.14. The van der Waals surface area contributed by atoms with Gasteiger partial charge in [0.2, 0.25) is 0 Å².